The van der Waals surface area contributed by atoms with E-state index in [2.05, 4.69) is 26.1 Å². The second kappa shape index (κ2) is 13.9. The summed E-state index contributed by atoms with van der Waals surface area (Å²) >= 11 is 0. The van der Waals surface area contributed by atoms with Gasteiger partial charge in [0.1, 0.15) is 0 Å². The molecule has 0 aromatic heterocycles. The molecular formula is C17H35NO. The Labute approximate surface area is 120 Å². The summed E-state index contributed by atoms with van der Waals surface area (Å²) in [5.41, 5.74) is 0. The summed E-state index contributed by atoms with van der Waals surface area (Å²) in [6, 6.07) is 0. The highest BCUT2D eigenvalue weighted by molar-refractivity contribution is 5.78. The van der Waals surface area contributed by atoms with E-state index in [-0.39, 0.29) is 11.8 Å². The summed E-state index contributed by atoms with van der Waals surface area (Å²) in [6.45, 7) is 7.44. The molecule has 0 aromatic rings. The fourth-order valence-electron chi connectivity index (χ4n) is 2.42. The minimum absolute atomic E-state index is 0.242. The molecule has 1 amide bonds. The molecule has 1 atom stereocenters. The molecule has 0 heterocycles. The van der Waals surface area contributed by atoms with E-state index in [1.54, 1.807) is 0 Å². The standard InChI is InChI=1S/C17H35NO/c1-4-7-9-10-11-13-15-18-17(19)16(6-3)14-12-8-5-2/h16H,4-15H2,1-3H3,(H,18,19). The summed E-state index contributed by atoms with van der Waals surface area (Å²) in [4.78, 5) is 12.0. The lowest BCUT2D eigenvalue weighted by molar-refractivity contribution is -0.125. The lowest BCUT2D eigenvalue weighted by Crippen LogP contribution is -2.31. The molecule has 0 radical (unpaired) electrons. The van der Waals surface area contributed by atoms with E-state index in [0.29, 0.717) is 0 Å². The van der Waals surface area contributed by atoms with Gasteiger partial charge in [-0.1, -0.05) is 72.1 Å². The molecule has 1 unspecified atom stereocenters. The second-order valence-corrected chi connectivity index (χ2v) is 5.66. The Morgan fingerprint density at radius 3 is 2.05 bits per heavy atom. The van der Waals surface area contributed by atoms with E-state index in [9.17, 15) is 4.79 Å². The molecule has 0 saturated heterocycles. The number of carbonyl (C=O) groups is 1. The molecule has 1 N–H and O–H groups in total. The van der Waals surface area contributed by atoms with Gasteiger partial charge in [0.2, 0.25) is 5.91 Å². The smallest absolute Gasteiger partial charge is 0.223 e. The average Bonchev–Trinajstić information content (AvgIpc) is 2.42. The van der Waals surface area contributed by atoms with E-state index < -0.39 is 0 Å². The Balaban J connectivity index is 3.53. The average molecular weight is 269 g/mol. The summed E-state index contributed by atoms with van der Waals surface area (Å²) in [5.74, 6) is 0.527. The molecule has 0 bridgehead atoms. The van der Waals surface area contributed by atoms with Gasteiger partial charge in [0.05, 0.1) is 0 Å². The van der Waals surface area contributed by atoms with Crippen molar-refractivity contribution in [2.45, 2.75) is 91.4 Å². The number of carbonyl (C=O) groups excluding carboxylic acids is 1. The van der Waals surface area contributed by atoms with Crippen LogP contribution < -0.4 is 5.32 Å². The van der Waals surface area contributed by atoms with Crippen molar-refractivity contribution in [2.75, 3.05) is 6.54 Å². The molecule has 0 aliphatic heterocycles. The van der Waals surface area contributed by atoms with Gasteiger partial charge in [-0.25, -0.2) is 0 Å². The van der Waals surface area contributed by atoms with Crippen LogP contribution in [0.15, 0.2) is 0 Å². The third-order valence-electron chi connectivity index (χ3n) is 3.85. The van der Waals surface area contributed by atoms with Crippen LogP contribution in [0, 0.1) is 5.92 Å². The number of unbranched alkanes of at least 4 members (excludes halogenated alkanes) is 7. The van der Waals surface area contributed by atoms with Crippen LogP contribution in [0.3, 0.4) is 0 Å². The van der Waals surface area contributed by atoms with Crippen LogP contribution in [0.2, 0.25) is 0 Å². The number of amides is 1. The first kappa shape index (κ1) is 18.5. The maximum atomic E-state index is 12.0. The molecular weight excluding hydrogens is 234 g/mol. The first-order chi connectivity index (χ1) is 9.26. The summed E-state index contributed by atoms with van der Waals surface area (Å²) in [6.07, 6.45) is 13.4. The van der Waals surface area contributed by atoms with Crippen LogP contribution >= 0.6 is 0 Å². The molecule has 0 saturated carbocycles. The van der Waals surface area contributed by atoms with Crippen molar-refractivity contribution in [1.82, 2.24) is 5.32 Å². The fourth-order valence-corrected chi connectivity index (χ4v) is 2.42. The zero-order chi connectivity index (χ0) is 14.3. The second-order valence-electron chi connectivity index (χ2n) is 5.66. The van der Waals surface area contributed by atoms with Crippen LogP contribution in [0.4, 0.5) is 0 Å². The first-order valence-corrected chi connectivity index (χ1v) is 8.53. The Morgan fingerprint density at radius 2 is 1.42 bits per heavy atom. The minimum Gasteiger partial charge on any atom is -0.356 e. The van der Waals surface area contributed by atoms with E-state index in [1.807, 2.05) is 0 Å². The van der Waals surface area contributed by atoms with Gasteiger partial charge in [-0.3, -0.25) is 4.79 Å². The molecule has 114 valence electrons. The molecule has 0 spiro atoms. The molecule has 2 heteroatoms. The normalized spacial score (nSPS) is 12.4. The number of hydrogen-bond acceptors (Lipinski definition) is 1. The molecule has 19 heavy (non-hydrogen) atoms. The highest BCUT2D eigenvalue weighted by Gasteiger charge is 2.14. The van der Waals surface area contributed by atoms with Crippen LogP contribution in [0.25, 0.3) is 0 Å². The van der Waals surface area contributed by atoms with E-state index >= 15 is 0 Å². The third-order valence-corrected chi connectivity index (χ3v) is 3.85. The van der Waals surface area contributed by atoms with Crippen LogP contribution in [0.1, 0.15) is 91.4 Å². The molecule has 0 aromatic carbocycles. The molecule has 0 fully saturated rings. The van der Waals surface area contributed by atoms with Crippen LogP contribution in [-0.2, 0) is 4.79 Å². The third kappa shape index (κ3) is 11.0. The van der Waals surface area contributed by atoms with E-state index in [4.69, 9.17) is 0 Å². The Morgan fingerprint density at radius 1 is 0.842 bits per heavy atom. The van der Waals surface area contributed by atoms with Gasteiger partial charge in [-0.05, 0) is 19.3 Å². The summed E-state index contributed by atoms with van der Waals surface area (Å²) in [7, 11) is 0. The quantitative estimate of drug-likeness (QED) is 0.465. The van der Waals surface area contributed by atoms with Crippen molar-refractivity contribution in [2.24, 2.45) is 5.92 Å². The maximum absolute atomic E-state index is 12.0. The topological polar surface area (TPSA) is 29.1 Å². The number of hydrogen-bond donors (Lipinski definition) is 1. The lowest BCUT2D eigenvalue weighted by Gasteiger charge is -2.14. The van der Waals surface area contributed by atoms with Gasteiger partial charge >= 0.3 is 0 Å². The van der Waals surface area contributed by atoms with Crippen molar-refractivity contribution in [3.8, 4) is 0 Å². The predicted octanol–water partition coefficient (Wildman–Crippen LogP) is 5.07. The lowest BCUT2D eigenvalue weighted by atomic mass is 9.97. The summed E-state index contributed by atoms with van der Waals surface area (Å²) < 4.78 is 0. The van der Waals surface area contributed by atoms with Crippen molar-refractivity contribution in [3.63, 3.8) is 0 Å². The van der Waals surface area contributed by atoms with Gasteiger partial charge in [0.25, 0.3) is 0 Å². The Kier molecular flexibility index (Phi) is 13.5. The molecule has 2 nitrogen and oxygen atoms in total. The SMILES string of the molecule is CCCCCCCCNC(=O)C(CC)CCCCC. The van der Waals surface area contributed by atoms with Gasteiger partial charge in [-0.2, -0.15) is 0 Å². The van der Waals surface area contributed by atoms with Gasteiger partial charge in [0.15, 0.2) is 0 Å². The number of nitrogens with one attached hydrogen (secondary N) is 1. The maximum Gasteiger partial charge on any atom is 0.223 e. The molecule has 0 aliphatic carbocycles. The van der Waals surface area contributed by atoms with Crippen molar-refractivity contribution < 1.29 is 4.79 Å². The van der Waals surface area contributed by atoms with Gasteiger partial charge in [0, 0.05) is 12.5 Å². The zero-order valence-corrected chi connectivity index (χ0v) is 13.5. The van der Waals surface area contributed by atoms with Gasteiger partial charge in [-0.15, -0.1) is 0 Å². The monoisotopic (exact) mass is 269 g/mol. The van der Waals surface area contributed by atoms with Crippen LogP contribution in [0.5, 0.6) is 0 Å². The Bertz CT molecular complexity index is 203. The van der Waals surface area contributed by atoms with E-state index in [0.717, 1.165) is 25.8 Å². The van der Waals surface area contributed by atoms with E-state index in [1.165, 1.54) is 51.4 Å². The largest absolute Gasteiger partial charge is 0.356 e. The molecule has 0 aliphatic rings. The highest BCUT2D eigenvalue weighted by Crippen LogP contribution is 2.13. The highest BCUT2D eigenvalue weighted by atomic mass is 16.1. The summed E-state index contributed by atoms with van der Waals surface area (Å²) in [5, 5.41) is 3.11. The van der Waals surface area contributed by atoms with Crippen molar-refractivity contribution in [1.29, 1.82) is 0 Å². The number of rotatable bonds is 13. The van der Waals surface area contributed by atoms with Crippen LogP contribution in [-0.4, -0.2) is 12.5 Å². The van der Waals surface area contributed by atoms with Crippen molar-refractivity contribution in [3.05, 3.63) is 0 Å². The molecule has 0 rings (SSSR count). The fraction of sp³-hybridized carbons (Fsp3) is 0.941. The zero-order valence-electron chi connectivity index (χ0n) is 13.5. The van der Waals surface area contributed by atoms with Gasteiger partial charge < -0.3 is 5.32 Å². The predicted molar refractivity (Wildman–Crippen MR) is 84.3 cm³/mol. The van der Waals surface area contributed by atoms with Crippen molar-refractivity contribution >= 4 is 5.91 Å². The minimum atomic E-state index is 0.242. The Hall–Kier alpha value is -0.530. The first-order valence-electron chi connectivity index (χ1n) is 8.53.